The Hall–Kier alpha value is -1.94. The fraction of sp³-hybridized carbons (Fsp3) is 0.350. The van der Waals surface area contributed by atoms with Crippen LogP contribution in [0, 0.1) is 13.8 Å². The smallest absolute Gasteiger partial charge is 0.265 e. The van der Waals surface area contributed by atoms with E-state index in [0.717, 1.165) is 33.2 Å². The lowest BCUT2D eigenvalue weighted by Crippen LogP contribution is -2.32. The molecule has 0 aliphatic heterocycles. The molecule has 2 aromatic rings. The summed E-state index contributed by atoms with van der Waals surface area (Å²) in [7, 11) is 0. The van der Waals surface area contributed by atoms with Crippen LogP contribution in [0.1, 0.15) is 31.4 Å². The maximum absolute atomic E-state index is 12.7. The van der Waals surface area contributed by atoms with E-state index in [2.05, 4.69) is 12.2 Å². The first-order chi connectivity index (χ1) is 11.5. The number of anilines is 1. The van der Waals surface area contributed by atoms with Gasteiger partial charge in [0, 0.05) is 4.90 Å². The van der Waals surface area contributed by atoms with Crippen LogP contribution < -0.4 is 10.1 Å². The molecule has 0 saturated carbocycles. The van der Waals surface area contributed by atoms with Crippen LogP contribution in [0.25, 0.3) is 0 Å². The van der Waals surface area contributed by atoms with Gasteiger partial charge in [0.05, 0.1) is 5.69 Å². The number of hydrogen-bond donors (Lipinski definition) is 1. The molecule has 0 aromatic heterocycles. The van der Waals surface area contributed by atoms with Gasteiger partial charge < -0.3 is 10.1 Å². The number of thioether (sulfide) groups is 1. The Morgan fingerprint density at radius 3 is 2.62 bits per heavy atom. The Kier molecular flexibility index (Phi) is 6.73. The molecule has 0 heterocycles. The molecule has 1 atom stereocenters. The number of hydrogen-bond acceptors (Lipinski definition) is 3. The maximum atomic E-state index is 12.7. The van der Waals surface area contributed by atoms with E-state index < -0.39 is 6.10 Å². The first-order valence-corrected chi connectivity index (χ1v) is 9.30. The van der Waals surface area contributed by atoms with Crippen molar-refractivity contribution in [2.75, 3.05) is 11.1 Å². The molecule has 128 valence electrons. The van der Waals surface area contributed by atoms with E-state index in [0.29, 0.717) is 6.42 Å². The fourth-order valence-corrected chi connectivity index (χ4v) is 3.13. The molecule has 0 radical (unpaired) electrons. The minimum Gasteiger partial charge on any atom is -0.480 e. The summed E-state index contributed by atoms with van der Waals surface area (Å²) in [5.74, 6) is 1.62. The Bertz CT molecular complexity index is 700. The summed E-state index contributed by atoms with van der Waals surface area (Å²) in [6.07, 6.45) is 0.104. The van der Waals surface area contributed by atoms with Crippen LogP contribution >= 0.6 is 11.8 Å². The van der Waals surface area contributed by atoms with Crippen molar-refractivity contribution in [2.24, 2.45) is 0 Å². The number of aryl methyl sites for hydroxylation is 2. The molecule has 24 heavy (non-hydrogen) atoms. The number of para-hydroxylation sites is 1. The molecule has 0 aliphatic rings. The summed E-state index contributed by atoms with van der Waals surface area (Å²) in [4.78, 5) is 13.7. The third-order valence-electron chi connectivity index (χ3n) is 3.72. The van der Waals surface area contributed by atoms with Crippen molar-refractivity contribution >= 4 is 23.4 Å². The van der Waals surface area contributed by atoms with Gasteiger partial charge in [0.2, 0.25) is 0 Å². The summed E-state index contributed by atoms with van der Waals surface area (Å²) in [5.41, 5.74) is 3.00. The summed E-state index contributed by atoms with van der Waals surface area (Å²) >= 11 is 1.72. The molecule has 1 N–H and O–H groups in total. The molecule has 3 nitrogen and oxygen atoms in total. The van der Waals surface area contributed by atoms with Crippen molar-refractivity contribution < 1.29 is 9.53 Å². The van der Waals surface area contributed by atoms with Gasteiger partial charge in [0.25, 0.3) is 5.91 Å². The van der Waals surface area contributed by atoms with Gasteiger partial charge in [-0.2, -0.15) is 0 Å². The predicted molar refractivity (Wildman–Crippen MR) is 102 cm³/mol. The van der Waals surface area contributed by atoms with Gasteiger partial charge in [-0.3, -0.25) is 4.79 Å². The normalized spacial score (nSPS) is 11.8. The largest absolute Gasteiger partial charge is 0.480 e. The van der Waals surface area contributed by atoms with E-state index in [1.165, 1.54) is 0 Å². The third-order valence-corrected chi connectivity index (χ3v) is 4.68. The van der Waals surface area contributed by atoms with E-state index in [1.54, 1.807) is 11.8 Å². The average molecular weight is 343 g/mol. The first-order valence-electron chi connectivity index (χ1n) is 8.31. The third kappa shape index (κ3) is 4.78. The van der Waals surface area contributed by atoms with Gasteiger partial charge >= 0.3 is 0 Å². The van der Waals surface area contributed by atoms with Crippen molar-refractivity contribution in [1.82, 2.24) is 0 Å². The second kappa shape index (κ2) is 8.78. The summed E-state index contributed by atoms with van der Waals surface area (Å²) in [5, 5.41) is 3.02. The molecule has 0 saturated heterocycles. The van der Waals surface area contributed by atoms with Crippen LogP contribution in [0.3, 0.4) is 0 Å². The number of amides is 1. The van der Waals surface area contributed by atoms with Crippen molar-refractivity contribution in [2.45, 2.75) is 45.1 Å². The molecule has 0 spiro atoms. The highest BCUT2D eigenvalue weighted by Gasteiger charge is 2.20. The van der Waals surface area contributed by atoms with E-state index in [1.807, 2.05) is 63.2 Å². The lowest BCUT2D eigenvalue weighted by Gasteiger charge is -2.20. The monoisotopic (exact) mass is 343 g/mol. The van der Waals surface area contributed by atoms with E-state index >= 15 is 0 Å². The summed E-state index contributed by atoms with van der Waals surface area (Å²) < 4.78 is 5.99. The van der Waals surface area contributed by atoms with Crippen molar-refractivity contribution in [3.63, 3.8) is 0 Å². The molecule has 2 aromatic carbocycles. The minimum absolute atomic E-state index is 0.109. The summed E-state index contributed by atoms with van der Waals surface area (Å²) in [6.45, 7) is 8.07. The zero-order chi connectivity index (χ0) is 17.5. The Morgan fingerprint density at radius 1 is 1.17 bits per heavy atom. The van der Waals surface area contributed by atoms with Gasteiger partial charge in [0.15, 0.2) is 6.10 Å². The molecular weight excluding hydrogens is 318 g/mol. The molecule has 0 fully saturated rings. The quantitative estimate of drug-likeness (QED) is 0.701. The fourth-order valence-electron chi connectivity index (χ4n) is 2.37. The van der Waals surface area contributed by atoms with Crippen LogP contribution in [0.5, 0.6) is 5.75 Å². The second-order valence-corrected chi connectivity index (χ2v) is 7.01. The second-order valence-electron chi connectivity index (χ2n) is 5.70. The van der Waals surface area contributed by atoms with Crippen LogP contribution in [-0.4, -0.2) is 17.8 Å². The van der Waals surface area contributed by atoms with E-state index in [-0.39, 0.29) is 5.91 Å². The molecule has 0 bridgehead atoms. The molecule has 1 amide bonds. The van der Waals surface area contributed by atoms with Crippen LogP contribution in [0.4, 0.5) is 5.69 Å². The number of carbonyl (C=O) groups is 1. The number of nitrogens with one attached hydrogen (secondary N) is 1. The van der Waals surface area contributed by atoms with Gasteiger partial charge in [0.1, 0.15) is 5.75 Å². The van der Waals surface area contributed by atoms with Crippen LogP contribution in [-0.2, 0) is 4.79 Å². The van der Waals surface area contributed by atoms with Gasteiger partial charge in [-0.1, -0.05) is 38.1 Å². The van der Waals surface area contributed by atoms with Crippen molar-refractivity contribution in [1.29, 1.82) is 0 Å². The topological polar surface area (TPSA) is 38.3 Å². The van der Waals surface area contributed by atoms with Crippen LogP contribution in [0.2, 0.25) is 0 Å². The summed E-state index contributed by atoms with van der Waals surface area (Å²) in [6, 6.07) is 13.9. The Morgan fingerprint density at radius 2 is 1.92 bits per heavy atom. The van der Waals surface area contributed by atoms with E-state index in [9.17, 15) is 4.79 Å². The number of carbonyl (C=O) groups excluding carboxylic acids is 1. The molecule has 0 aliphatic carbocycles. The Balaban J connectivity index is 2.13. The predicted octanol–water partition coefficient (Wildman–Crippen LogP) is 5.21. The van der Waals surface area contributed by atoms with Crippen molar-refractivity contribution in [3.05, 3.63) is 53.6 Å². The van der Waals surface area contributed by atoms with E-state index in [4.69, 9.17) is 4.74 Å². The zero-order valence-electron chi connectivity index (χ0n) is 14.8. The standard InChI is InChI=1S/C20H25NO2S/c1-5-17(23-18-13-14(3)11-12-15(18)4)20(22)21-16-9-7-8-10-19(16)24-6-2/h7-13,17H,5-6H2,1-4H3,(H,21,22)/t17-/m0/s1. The molecular formula is C20H25NO2S. The lowest BCUT2D eigenvalue weighted by atomic mass is 10.1. The SMILES string of the molecule is CCSc1ccccc1NC(=O)[C@H](CC)Oc1cc(C)ccc1C. The number of benzene rings is 2. The maximum Gasteiger partial charge on any atom is 0.265 e. The highest BCUT2D eigenvalue weighted by atomic mass is 32.2. The van der Waals surface area contributed by atoms with Gasteiger partial charge in [-0.15, -0.1) is 11.8 Å². The number of ether oxygens (including phenoxy) is 1. The van der Waals surface area contributed by atoms with Gasteiger partial charge in [-0.05, 0) is 55.3 Å². The van der Waals surface area contributed by atoms with Crippen molar-refractivity contribution in [3.8, 4) is 5.75 Å². The number of rotatable bonds is 7. The lowest BCUT2D eigenvalue weighted by molar-refractivity contribution is -0.122. The highest BCUT2D eigenvalue weighted by Crippen LogP contribution is 2.27. The molecule has 0 unspecified atom stereocenters. The molecule has 2 rings (SSSR count). The minimum atomic E-state index is -0.509. The Labute approximate surface area is 148 Å². The van der Waals surface area contributed by atoms with Crippen LogP contribution in [0.15, 0.2) is 47.4 Å². The molecule has 4 heteroatoms. The van der Waals surface area contributed by atoms with Gasteiger partial charge in [-0.25, -0.2) is 0 Å². The highest BCUT2D eigenvalue weighted by molar-refractivity contribution is 7.99. The average Bonchev–Trinajstić information content (AvgIpc) is 2.57. The zero-order valence-corrected chi connectivity index (χ0v) is 15.6. The first kappa shape index (κ1) is 18.4.